The first-order chi connectivity index (χ1) is 13.5. The molecule has 1 aliphatic heterocycles. The maximum absolute atomic E-state index is 12.5. The molecule has 0 aromatic heterocycles. The third-order valence-electron chi connectivity index (χ3n) is 5.48. The summed E-state index contributed by atoms with van der Waals surface area (Å²) in [6.45, 7) is 11.3. The van der Waals surface area contributed by atoms with E-state index in [0.29, 0.717) is 29.6 Å². The van der Waals surface area contributed by atoms with Crippen molar-refractivity contribution < 1.29 is 23.5 Å². The molecule has 0 bridgehead atoms. The van der Waals surface area contributed by atoms with Crippen LogP contribution in [0.3, 0.4) is 0 Å². The molecule has 0 fully saturated rings. The van der Waals surface area contributed by atoms with Crippen LogP contribution in [-0.4, -0.2) is 51.4 Å². The lowest BCUT2D eigenvalue weighted by Gasteiger charge is -2.36. The van der Waals surface area contributed by atoms with Gasteiger partial charge in [0.15, 0.2) is 8.32 Å². The number of methoxy groups -OCH3 is 1. The summed E-state index contributed by atoms with van der Waals surface area (Å²) in [6.07, 6.45) is 1.74. The van der Waals surface area contributed by atoms with Gasteiger partial charge in [-0.3, -0.25) is 4.79 Å². The first kappa shape index (κ1) is 23.4. The fourth-order valence-electron chi connectivity index (χ4n) is 2.69. The smallest absolute Gasteiger partial charge is 0.328 e. The van der Waals surface area contributed by atoms with Crippen LogP contribution in [-0.2, 0) is 18.8 Å². The van der Waals surface area contributed by atoms with Crippen molar-refractivity contribution in [3.63, 3.8) is 0 Å². The second kappa shape index (κ2) is 9.32. The highest BCUT2D eigenvalue weighted by Crippen LogP contribution is 2.36. The van der Waals surface area contributed by atoms with Crippen LogP contribution in [0.2, 0.25) is 23.2 Å². The second-order valence-electron chi connectivity index (χ2n) is 8.55. The predicted molar refractivity (Wildman–Crippen MR) is 115 cm³/mol. The summed E-state index contributed by atoms with van der Waals surface area (Å²) in [5.41, 5.74) is 0. The van der Waals surface area contributed by atoms with E-state index in [1.165, 1.54) is 18.1 Å². The van der Waals surface area contributed by atoms with Crippen LogP contribution in [0, 0.1) is 0 Å². The summed E-state index contributed by atoms with van der Waals surface area (Å²) in [7, 11) is -0.633. The van der Waals surface area contributed by atoms with Crippen molar-refractivity contribution in [2.24, 2.45) is 0 Å². The van der Waals surface area contributed by atoms with Gasteiger partial charge in [0.2, 0.25) is 0 Å². The van der Waals surface area contributed by atoms with Crippen LogP contribution in [0.1, 0.15) is 27.2 Å². The number of carbonyl (C=O) groups excluding carboxylic acids is 2. The van der Waals surface area contributed by atoms with Gasteiger partial charge in [0.1, 0.15) is 17.6 Å². The minimum atomic E-state index is -1.95. The molecule has 1 heterocycles. The molecule has 1 unspecified atom stereocenters. The number of nitrogens with zero attached hydrogens (tertiary/aromatic N) is 1. The fourth-order valence-corrected chi connectivity index (χ4v) is 3.92. The zero-order chi connectivity index (χ0) is 21.8. The van der Waals surface area contributed by atoms with Crippen molar-refractivity contribution >= 4 is 31.8 Å². The van der Waals surface area contributed by atoms with E-state index in [2.05, 4.69) is 33.9 Å². The number of ether oxygens (including phenoxy) is 2. The van der Waals surface area contributed by atoms with Crippen molar-refractivity contribution in [1.29, 1.82) is 0 Å². The van der Waals surface area contributed by atoms with Gasteiger partial charge in [-0.2, -0.15) is 0 Å². The third kappa shape index (κ3) is 5.84. The molecule has 0 N–H and O–H groups in total. The number of halogens is 1. The maximum Gasteiger partial charge on any atom is 0.328 e. The van der Waals surface area contributed by atoms with E-state index >= 15 is 0 Å². The van der Waals surface area contributed by atoms with Gasteiger partial charge in [0.25, 0.3) is 5.91 Å². The molecule has 2 rings (SSSR count). The molecule has 1 aromatic rings. The number of hydrogen-bond donors (Lipinski definition) is 0. The number of esters is 1. The van der Waals surface area contributed by atoms with E-state index in [9.17, 15) is 9.59 Å². The van der Waals surface area contributed by atoms with Gasteiger partial charge in [0, 0.05) is 19.1 Å². The Kier molecular flexibility index (Phi) is 7.54. The first-order valence-corrected chi connectivity index (χ1v) is 12.9. The number of para-hydroxylation sites is 1. The summed E-state index contributed by atoms with van der Waals surface area (Å²) in [6, 6.07) is 6.29. The normalized spacial score (nSPS) is 15.9. The molecule has 0 spiro atoms. The zero-order valence-corrected chi connectivity index (χ0v) is 19.7. The second-order valence-corrected chi connectivity index (χ2v) is 13.8. The Bertz CT molecular complexity index is 788. The Morgan fingerprint density at radius 2 is 1.93 bits per heavy atom. The van der Waals surface area contributed by atoms with Crippen LogP contribution >= 0.6 is 11.6 Å². The molecule has 6 nitrogen and oxygen atoms in total. The van der Waals surface area contributed by atoms with Crippen LogP contribution < -0.4 is 4.74 Å². The molecule has 0 saturated heterocycles. The highest BCUT2D eigenvalue weighted by molar-refractivity contribution is 6.74. The Morgan fingerprint density at radius 1 is 1.28 bits per heavy atom. The average molecular weight is 440 g/mol. The molecule has 29 heavy (non-hydrogen) atoms. The summed E-state index contributed by atoms with van der Waals surface area (Å²) in [5, 5.41) is 0.515. The Morgan fingerprint density at radius 3 is 2.52 bits per heavy atom. The van der Waals surface area contributed by atoms with Crippen molar-refractivity contribution in [2.45, 2.75) is 51.4 Å². The standard InChI is InChI=1S/C21H30ClNO5Si/c1-21(2,3)29(5,6)27-12-11-17(20(25)26-4)23-14-15(13-19(23)24)28-18-10-8-7-9-16(18)22/h7-10,13,17H,11-12,14H2,1-6H3. The van der Waals surface area contributed by atoms with Crippen molar-refractivity contribution in [2.75, 3.05) is 20.3 Å². The lowest BCUT2D eigenvalue weighted by molar-refractivity contribution is -0.151. The molecule has 1 aliphatic rings. The minimum absolute atomic E-state index is 0.0642. The molecule has 0 saturated carbocycles. The lowest BCUT2D eigenvalue weighted by atomic mass is 10.2. The molecule has 0 radical (unpaired) electrons. The van der Waals surface area contributed by atoms with Crippen LogP contribution in [0.4, 0.5) is 0 Å². The highest BCUT2D eigenvalue weighted by atomic mass is 35.5. The van der Waals surface area contributed by atoms with Gasteiger partial charge in [0.05, 0.1) is 18.7 Å². The van der Waals surface area contributed by atoms with Crippen LogP contribution in [0.25, 0.3) is 0 Å². The van der Waals surface area contributed by atoms with E-state index < -0.39 is 20.3 Å². The van der Waals surface area contributed by atoms with Crippen molar-refractivity contribution in [3.8, 4) is 5.75 Å². The van der Waals surface area contributed by atoms with Gasteiger partial charge in [-0.15, -0.1) is 0 Å². The van der Waals surface area contributed by atoms with Gasteiger partial charge in [-0.1, -0.05) is 44.5 Å². The minimum Gasteiger partial charge on any atom is -0.467 e. The topological polar surface area (TPSA) is 65.1 Å². The molecule has 0 aliphatic carbocycles. The highest BCUT2D eigenvalue weighted by Gasteiger charge is 2.39. The number of carbonyl (C=O) groups is 2. The Labute approximate surface area is 178 Å². The molecule has 1 amide bonds. The number of benzene rings is 1. The van der Waals surface area contributed by atoms with Crippen LogP contribution in [0.15, 0.2) is 36.1 Å². The Balaban J connectivity index is 2.05. The zero-order valence-electron chi connectivity index (χ0n) is 18.0. The predicted octanol–water partition coefficient (Wildman–Crippen LogP) is 4.40. The largest absolute Gasteiger partial charge is 0.467 e. The monoisotopic (exact) mass is 439 g/mol. The number of amides is 1. The molecular weight excluding hydrogens is 410 g/mol. The molecular formula is C21H30ClNO5Si. The third-order valence-corrected chi connectivity index (χ3v) is 10.3. The molecule has 160 valence electrons. The SMILES string of the molecule is COC(=O)C(CCO[Si](C)(C)C(C)(C)C)N1CC(Oc2ccccc2Cl)=CC1=O. The van der Waals surface area contributed by atoms with Crippen molar-refractivity contribution in [1.82, 2.24) is 4.90 Å². The van der Waals surface area contributed by atoms with E-state index in [0.717, 1.165) is 0 Å². The maximum atomic E-state index is 12.5. The first-order valence-electron chi connectivity index (χ1n) is 9.61. The van der Waals surface area contributed by atoms with Gasteiger partial charge >= 0.3 is 5.97 Å². The van der Waals surface area contributed by atoms with Crippen molar-refractivity contribution in [3.05, 3.63) is 41.1 Å². The van der Waals surface area contributed by atoms with Gasteiger partial charge in [-0.25, -0.2) is 4.79 Å². The Hall–Kier alpha value is -1.83. The summed E-state index contributed by atoms with van der Waals surface area (Å²) in [5.74, 6) is 0.132. The number of rotatable bonds is 8. The van der Waals surface area contributed by atoms with Gasteiger partial charge in [-0.05, 0) is 30.3 Å². The van der Waals surface area contributed by atoms with E-state index in [1.807, 2.05) is 0 Å². The van der Waals surface area contributed by atoms with Gasteiger partial charge < -0.3 is 18.8 Å². The van der Waals surface area contributed by atoms with E-state index in [4.69, 9.17) is 25.5 Å². The molecule has 8 heteroatoms. The number of hydrogen-bond acceptors (Lipinski definition) is 5. The lowest BCUT2D eigenvalue weighted by Crippen LogP contribution is -2.46. The van der Waals surface area contributed by atoms with Crippen LogP contribution in [0.5, 0.6) is 5.75 Å². The fraction of sp³-hybridized carbons (Fsp3) is 0.524. The molecule has 1 aromatic carbocycles. The average Bonchev–Trinajstić information content (AvgIpc) is 2.99. The molecule has 1 atom stereocenters. The van der Waals surface area contributed by atoms with E-state index in [-0.39, 0.29) is 17.5 Å². The van der Waals surface area contributed by atoms with E-state index in [1.54, 1.807) is 24.3 Å². The summed E-state index contributed by atoms with van der Waals surface area (Å²) >= 11 is 6.12. The summed E-state index contributed by atoms with van der Waals surface area (Å²) < 4.78 is 16.9. The summed E-state index contributed by atoms with van der Waals surface area (Å²) in [4.78, 5) is 26.4. The quantitative estimate of drug-likeness (QED) is 0.443.